The first-order valence-corrected chi connectivity index (χ1v) is 10.4. The Balaban J connectivity index is 1.65. The summed E-state index contributed by atoms with van der Waals surface area (Å²) in [5.74, 6) is 0.818. The minimum Gasteiger partial charge on any atom is -0.494 e. The molecule has 5 heteroatoms. The molecule has 5 nitrogen and oxygen atoms in total. The second kappa shape index (κ2) is 9.56. The van der Waals surface area contributed by atoms with E-state index in [-0.39, 0.29) is 5.97 Å². The Bertz CT molecular complexity index is 586. The van der Waals surface area contributed by atoms with Crippen molar-refractivity contribution in [2.24, 2.45) is 5.41 Å². The molecule has 2 aliphatic rings. The average Bonchev–Trinajstić information content (AvgIpc) is 2.70. The third-order valence-corrected chi connectivity index (χ3v) is 6.11. The first-order chi connectivity index (χ1) is 13.1. The Morgan fingerprint density at radius 3 is 2.63 bits per heavy atom. The van der Waals surface area contributed by atoms with Crippen molar-refractivity contribution in [1.82, 2.24) is 9.80 Å². The van der Waals surface area contributed by atoms with Gasteiger partial charge in [0.2, 0.25) is 0 Å². The van der Waals surface area contributed by atoms with Gasteiger partial charge in [0.25, 0.3) is 0 Å². The van der Waals surface area contributed by atoms with E-state index in [9.17, 15) is 4.79 Å². The fourth-order valence-electron chi connectivity index (χ4n) is 4.48. The van der Waals surface area contributed by atoms with Gasteiger partial charge in [-0.1, -0.05) is 18.2 Å². The molecule has 1 aromatic carbocycles. The topological polar surface area (TPSA) is 42.0 Å². The van der Waals surface area contributed by atoms with Crippen LogP contribution in [0.25, 0.3) is 0 Å². The maximum atomic E-state index is 12.9. The molecule has 2 aliphatic heterocycles. The number of carbonyl (C=O) groups excluding carboxylic acids is 1. The Kier molecular flexibility index (Phi) is 7.13. The summed E-state index contributed by atoms with van der Waals surface area (Å²) in [5.41, 5.74) is -0.438. The summed E-state index contributed by atoms with van der Waals surface area (Å²) in [6.07, 6.45) is 5.04. The zero-order valence-corrected chi connectivity index (χ0v) is 16.9. The lowest BCUT2D eigenvalue weighted by Gasteiger charge is -2.46. The van der Waals surface area contributed by atoms with Crippen LogP contribution in [-0.4, -0.2) is 68.3 Å². The number of rotatable bonds is 7. The molecule has 150 valence electrons. The Morgan fingerprint density at radius 1 is 1.19 bits per heavy atom. The molecule has 0 aliphatic carbocycles. The molecule has 1 atom stereocenters. The van der Waals surface area contributed by atoms with Crippen LogP contribution >= 0.6 is 0 Å². The molecular weight excluding hydrogens is 340 g/mol. The van der Waals surface area contributed by atoms with Gasteiger partial charge in [0.05, 0.1) is 18.6 Å². The molecule has 0 saturated carbocycles. The molecule has 0 radical (unpaired) electrons. The van der Waals surface area contributed by atoms with E-state index < -0.39 is 5.41 Å². The molecule has 2 saturated heterocycles. The highest BCUT2D eigenvalue weighted by Gasteiger charge is 2.45. The van der Waals surface area contributed by atoms with Crippen LogP contribution in [-0.2, 0) is 9.53 Å². The quantitative estimate of drug-likeness (QED) is 0.686. The largest absolute Gasteiger partial charge is 0.494 e. The Hall–Kier alpha value is -1.59. The smallest absolute Gasteiger partial charge is 0.313 e. The molecule has 27 heavy (non-hydrogen) atoms. The van der Waals surface area contributed by atoms with Gasteiger partial charge in [0.1, 0.15) is 5.75 Å². The van der Waals surface area contributed by atoms with Gasteiger partial charge in [-0.3, -0.25) is 9.69 Å². The molecular formula is C22H34N2O3. The summed E-state index contributed by atoms with van der Waals surface area (Å²) in [5, 5.41) is 0. The lowest BCUT2D eigenvalue weighted by atomic mass is 9.76. The number of benzene rings is 1. The lowest BCUT2D eigenvalue weighted by molar-refractivity contribution is -0.161. The van der Waals surface area contributed by atoms with E-state index in [1.54, 1.807) is 0 Å². The van der Waals surface area contributed by atoms with E-state index in [1.165, 1.54) is 12.8 Å². The van der Waals surface area contributed by atoms with Crippen LogP contribution in [0.2, 0.25) is 0 Å². The van der Waals surface area contributed by atoms with E-state index in [2.05, 4.69) is 16.8 Å². The van der Waals surface area contributed by atoms with Gasteiger partial charge in [-0.25, -0.2) is 0 Å². The van der Waals surface area contributed by atoms with Gasteiger partial charge >= 0.3 is 5.97 Å². The van der Waals surface area contributed by atoms with Crippen LogP contribution in [0.5, 0.6) is 5.75 Å². The third-order valence-electron chi connectivity index (χ3n) is 6.11. The lowest BCUT2D eigenvalue weighted by Crippen LogP contribution is -2.54. The summed E-state index contributed by atoms with van der Waals surface area (Å²) < 4.78 is 11.4. The van der Waals surface area contributed by atoms with Crippen LogP contribution in [0, 0.1) is 5.41 Å². The summed E-state index contributed by atoms with van der Waals surface area (Å²) in [6, 6.07) is 10.4. The van der Waals surface area contributed by atoms with Crippen LogP contribution < -0.4 is 4.74 Å². The van der Waals surface area contributed by atoms with Crippen LogP contribution in [0.3, 0.4) is 0 Å². The summed E-state index contributed by atoms with van der Waals surface area (Å²) in [6.45, 7) is 7.06. The van der Waals surface area contributed by atoms with E-state index in [0.717, 1.165) is 44.8 Å². The predicted octanol–water partition coefficient (Wildman–Crippen LogP) is 3.20. The summed E-state index contributed by atoms with van der Waals surface area (Å²) in [7, 11) is 2.19. The standard InChI is InChI=1S/C22H34N2O3/c1-3-26-21(25)22(13-17-27-20-8-5-4-6-9-20)12-7-14-24(18-22)19-10-15-23(2)16-11-19/h4-6,8-9,19H,3,7,10-18H2,1-2H3/t22-/m0/s1. The van der Waals surface area contributed by atoms with Crippen LogP contribution in [0.15, 0.2) is 30.3 Å². The van der Waals surface area contributed by atoms with Crippen LogP contribution in [0.4, 0.5) is 0 Å². The summed E-state index contributed by atoms with van der Waals surface area (Å²) in [4.78, 5) is 17.9. The van der Waals surface area contributed by atoms with E-state index >= 15 is 0 Å². The number of hydrogen-bond acceptors (Lipinski definition) is 5. The number of hydrogen-bond donors (Lipinski definition) is 0. The number of nitrogens with zero attached hydrogens (tertiary/aromatic N) is 2. The number of piperidine rings is 2. The summed E-state index contributed by atoms with van der Waals surface area (Å²) >= 11 is 0. The van der Waals surface area contributed by atoms with Crippen molar-refractivity contribution in [2.75, 3.05) is 46.4 Å². The first-order valence-electron chi connectivity index (χ1n) is 10.4. The number of ether oxygens (including phenoxy) is 2. The number of para-hydroxylation sites is 1. The Labute approximate surface area is 163 Å². The van der Waals surface area contributed by atoms with Crippen molar-refractivity contribution in [1.29, 1.82) is 0 Å². The fraction of sp³-hybridized carbons (Fsp3) is 0.682. The molecule has 0 aromatic heterocycles. The molecule has 0 unspecified atom stereocenters. The average molecular weight is 375 g/mol. The minimum absolute atomic E-state index is 0.0423. The SMILES string of the molecule is CCOC(=O)[C@]1(CCOc2ccccc2)CCCN(C2CCN(C)CC2)C1. The van der Waals surface area contributed by atoms with Crippen LogP contribution in [0.1, 0.15) is 39.0 Å². The zero-order valence-electron chi connectivity index (χ0n) is 16.9. The molecule has 1 aromatic rings. The highest BCUT2D eigenvalue weighted by molar-refractivity contribution is 5.77. The molecule has 0 amide bonds. The maximum absolute atomic E-state index is 12.9. The second-order valence-corrected chi connectivity index (χ2v) is 8.02. The van der Waals surface area contributed by atoms with E-state index in [0.29, 0.717) is 25.7 Å². The monoisotopic (exact) mass is 374 g/mol. The van der Waals surface area contributed by atoms with Gasteiger partial charge in [-0.2, -0.15) is 0 Å². The molecule has 0 bridgehead atoms. The first kappa shape index (κ1) is 20.2. The highest BCUT2D eigenvalue weighted by atomic mass is 16.5. The van der Waals surface area contributed by atoms with Gasteiger partial charge in [-0.05, 0) is 77.8 Å². The minimum atomic E-state index is -0.438. The van der Waals surface area contributed by atoms with E-state index in [4.69, 9.17) is 9.47 Å². The van der Waals surface area contributed by atoms with Gasteiger partial charge < -0.3 is 14.4 Å². The fourth-order valence-corrected chi connectivity index (χ4v) is 4.48. The highest BCUT2D eigenvalue weighted by Crippen LogP contribution is 2.37. The predicted molar refractivity (Wildman–Crippen MR) is 107 cm³/mol. The van der Waals surface area contributed by atoms with Crippen molar-refractivity contribution in [3.05, 3.63) is 30.3 Å². The van der Waals surface area contributed by atoms with Crippen molar-refractivity contribution in [3.63, 3.8) is 0 Å². The van der Waals surface area contributed by atoms with Gasteiger partial charge in [-0.15, -0.1) is 0 Å². The van der Waals surface area contributed by atoms with Crippen molar-refractivity contribution < 1.29 is 14.3 Å². The van der Waals surface area contributed by atoms with Crippen molar-refractivity contribution >= 4 is 5.97 Å². The number of likely N-dealkylation sites (tertiary alicyclic amines) is 2. The molecule has 0 spiro atoms. The molecule has 3 rings (SSSR count). The second-order valence-electron chi connectivity index (χ2n) is 8.02. The maximum Gasteiger partial charge on any atom is 0.313 e. The van der Waals surface area contributed by atoms with Crippen molar-refractivity contribution in [3.8, 4) is 5.75 Å². The normalized spacial score (nSPS) is 25.3. The molecule has 2 fully saturated rings. The zero-order chi connectivity index (χ0) is 19.1. The number of esters is 1. The van der Waals surface area contributed by atoms with Gasteiger partial charge in [0, 0.05) is 12.6 Å². The molecule has 0 N–H and O–H groups in total. The van der Waals surface area contributed by atoms with Crippen molar-refractivity contribution in [2.45, 2.75) is 45.1 Å². The van der Waals surface area contributed by atoms with E-state index in [1.807, 2.05) is 37.3 Å². The Morgan fingerprint density at radius 2 is 1.93 bits per heavy atom. The molecule has 2 heterocycles. The number of carbonyl (C=O) groups is 1. The third kappa shape index (κ3) is 5.23. The van der Waals surface area contributed by atoms with Gasteiger partial charge in [0.15, 0.2) is 0 Å².